The van der Waals surface area contributed by atoms with E-state index in [4.69, 9.17) is 16.3 Å². The summed E-state index contributed by atoms with van der Waals surface area (Å²) >= 11 is 5.86. The van der Waals surface area contributed by atoms with E-state index in [1.165, 1.54) is 6.33 Å². The van der Waals surface area contributed by atoms with E-state index in [9.17, 15) is 4.79 Å². The summed E-state index contributed by atoms with van der Waals surface area (Å²) in [4.78, 5) is 29.0. The number of esters is 1. The van der Waals surface area contributed by atoms with Crippen LogP contribution in [0.15, 0.2) is 6.33 Å². The summed E-state index contributed by atoms with van der Waals surface area (Å²) in [5, 5.41) is 0.238. The molecule has 1 aromatic rings. The number of nitrogens with zero attached hydrogens (tertiary/aromatic N) is 5. The number of hydrogen-bond donors (Lipinski definition) is 0. The molecule has 0 radical (unpaired) electrons. The normalized spacial score (nSPS) is 22.6. The summed E-state index contributed by atoms with van der Waals surface area (Å²) in [6.07, 6.45) is 5.20. The molecule has 2 aliphatic heterocycles. The molecule has 144 valence electrons. The number of aromatic nitrogens is 3. The topological polar surface area (TPSA) is 71.5 Å². The number of piperidine rings is 1. The van der Waals surface area contributed by atoms with Gasteiger partial charge in [-0.3, -0.25) is 9.69 Å². The average Bonchev–Trinajstić information content (AvgIpc) is 3.01. The first kappa shape index (κ1) is 19.3. The molecule has 1 aromatic heterocycles. The van der Waals surface area contributed by atoms with E-state index >= 15 is 0 Å². The lowest BCUT2D eigenvalue weighted by atomic mass is 10.0. The quantitative estimate of drug-likeness (QED) is 0.742. The smallest absolute Gasteiger partial charge is 0.306 e. The Labute approximate surface area is 160 Å². The van der Waals surface area contributed by atoms with Gasteiger partial charge in [-0.15, -0.1) is 0 Å². The van der Waals surface area contributed by atoms with Crippen LogP contribution in [-0.2, 0) is 9.53 Å². The second-order valence-corrected chi connectivity index (χ2v) is 8.55. The minimum absolute atomic E-state index is 0.0779. The van der Waals surface area contributed by atoms with Gasteiger partial charge in [0.25, 0.3) is 0 Å². The van der Waals surface area contributed by atoms with Gasteiger partial charge in [0.05, 0.1) is 0 Å². The first-order valence-corrected chi connectivity index (χ1v) is 9.73. The van der Waals surface area contributed by atoms with Crippen LogP contribution in [-0.4, -0.2) is 63.6 Å². The molecule has 2 fully saturated rings. The molecule has 0 spiro atoms. The highest BCUT2D eigenvalue weighted by atomic mass is 35.5. The predicted octanol–water partition coefficient (Wildman–Crippen LogP) is 2.55. The standard InChI is InChI=1S/C18H28ClN5O2/c1-18(2,3)26-15(25)10-13-4-7-24(11-13)14-5-8-23(9-6-14)17-21-12-20-16(19)22-17/h12-14H,4-11H2,1-3H3. The number of anilines is 1. The highest BCUT2D eigenvalue weighted by molar-refractivity contribution is 6.28. The SMILES string of the molecule is CC(C)(C)OC(=O)CC1CCN(C2CCN(c3ncnc(Cl)n3)CC2)C1. The zero-order chi connectivity index (χ0) is 18.7. The lowest BCUT2D eigenvalue weighted by Crippen LogP contribution is -2.44. The predicted molar refractivity (Wildman–Crippen MR) is 100 cm³/mol. The van der Waals surface area contributed by atoms with Crippen molar-refractivity contribution in [1.29, 1.82) is 0 Å². The molecule has 0 N–H and O–H groups in total. The van der Waals surface area contributed by atoms with E-state index in [1.54, 1.807) is 0 Å². The minimum atomic E-state index is -0.403. The maximum absolute atomic E-state index is 12.0. The van der Waals surface area contributed by atoms with Crippen LogP contribution in [0.1, 0.15) is 46.5 Å². The zero-order valence-corrected chi connectivity index (χ0v) is 16.6. The molecule has 0 aromatic carbocycles. The first-order chi connectivity index (χ1) is 12.3. The number of halogens is 1. The number of hydrogen-bond acceptors (Lipinski definition) is 7. The number of rotatable bonds is 4. The molecule has 7 nitrogen and oxygen atoms in total. The highest BCUT2D eigenvalue weighted by Gasteiger charge is 2.33. The van der Waals surface area contributed by atoms with E-state index in [0.29, 0.717) is 24.3 Å². The minimum Gasteiger partial charge on any atom is -0.460 e. The van der Waals surface area contributed by atoms with Crippen LogP contribution in [0, 0.1) is 5.92 Å². The van der Waals surface area contributed by atoms with Gasteiger partial charge < -0.3 is 9.64 Å². The molecule has 26 heavy (non-hydrogen) atoms. The van der Waals surface area contributed by atoms with Crippen molar-refractivity contribution in [1.82, 2.24) is 19.9 Å². The Morgan fingerprint density at radius 3 is 2.62 bits per heavy atom. The Kier molecular flexibility index (Phi) is 5.97. The van der Waals surface area contributed by atoms with Crippen molar-refractivity contribution in [3.05, 3.63) is 11.6 Å². The van der Waals surface area contributed by atoms with Crippen molar-refractivity contribution in [2.24, 2.45) is 5.92 Å². The lowest BCUT2D eigenvalue weighted by molar-refractivity contribution is -0.155. The second kappa shape index (κ2) is 8.05. The number of carbonyl (C=O) groups excluding carboxylic acids is 1. The lowest BCUT2D eigenvalue weighted by Gasteiger charge is -2.36. The molecular formula is C18H28ClN5O2. The van der Waals surface area contributed by atoms with E-state index < -0.39 is 5.60 Å². The van der Waals surface area contributed by atoms with Crippen molar-refractivity contribution >= 4 is 23.5 Å². The molecule has 1 atom stereocenters. The van der Waals surface area contributed by atoms with Crippen LogP contribution in [0.3, 0.4) is 0 Å². The molecule has 2 saturated heterocycles. The number of carbonyl (C=O) groups is 1. The van der Waals surface area contributed by atoms with E-state index in [1.807, 2.05) is 20.8 Å². The van der Waals surface area contributed by atoms with Gasteiger partial charge in [0.2, 0.25) is 11.2 Å². The van der Waals surface area contributed by atoms with Gasteiger partial charge in [-0.25, -0.2) is 9.97 Å². The number of likely N-dealkylation sites (tertiary alicyclic amines) is 1. The molecule has 1 unspecified atom stereocenters. The summed E-state index contributed by atoms with van der Waals surface area (Å²) < 4.78 is 5.46. The van der Waals surface area contributed by atoms with Crippen molar-refractivity contribution in [3.8, 4) is 0 Å². The van der Waals surface area contributed by atoms with Crippen molar-refractivity contribution in [2.45, 2.75) is 58.1 Å². The van der Waals surface area contributed by atoms with Gasteiger partial charge in [-0.1, -0.05) is 0 Å². The van der Waals surface area contributed by atoms with Crippen molar-refractivity contribution < 1.29 is 9.53 Å². The molecule has 0 bridgehead atoms. The van der Waals surface area contributed by atoms with Gasteiger partial charge in [0.1, 0.15) is 11.9 Å². The summed E-state index contributed by atoms with van der Waals surface area (Å²) in [6, 6.07) is 0.562. The summed E-state index contributed by atoms with van der Waals surface area (Å²) in [7, 11) is 0. The fourth-order valence-corrected chi connectivity index (χ4v) is 3.95. The van der Waals surface area contributed by atoms with Crippen LogP contribution in [0.2, 0.25) is 5.28 Å². The summed E-state index contributed by atoms with van der Waals surface area (Å²) in [5.41, 5.74) is -0.403. The highest BCUT2D eigenvalue weighted by Crippen LogP contribution is 2.28. The monoisotopic (exact) mass is 381 g/mol. The van der Waals surface area contributed by atoms with Gasteiger partial charge in [-0.05, 0) is 64.1 Å². The molecule has 0 amide bonds. The largest absolute Gasteiger partial charge is 0.460 e. The van der Waals surface area contributed by atoms with Gasteiger partial charge in [0.15, 0.2) is 0 Å². The number of ether oxygens (including phenoxy) is 1. The molecular weight excluding hydrogens is 354 g/mol. The fraction of sp³-hybridized carbons (Fsp3) is 0.778. The first-order valence-electron chi connectivity index (χ1n) is 9.35. The maximum Gasteiger partial charge on any atom is 0.306 e. The van der Waals surface area contributed by atoms with E-state index in [0.717, 1.165) is 45.4 Å². The Morgan fingerprint density at radius 1 is 1.23 bits per heavy atom. The van der Waals surface area contributed by atoms with E-state index in [2.05, 4.69) is 24.8 Å². The summed E-state index contributed by atoms with van der Waals surface area (Å²) in [6.45, 7) is 9.63. The van der Waals surface area contributed by atoms with Crippen LogP contribution >= 0.6 is 11.6 Å². The van der Waals surface area contributed by atoms with Crippen LogP contribution in [0.4, 0.5) is 5.95 Å². The fourth-order valence-electron chi connectivity index (χ4n) is 3.83. The third-order valence-electron chi connectivity index (χ3n) is 4.99. The summed E-state index contributed by atoms with van der Waals surface area (Å²) in [5.74, 6) is 0.990. The average molecular weight is 382 g/mol. The van der Waals surface area contributed by atoms with Gasteiger partial charge >= 0.3 is 5.97 Å². The second-order valence-electron chi connectivity index (χ2n) is 8.21. The molecule has 3 heterocycles. The van der Waals surface area contributed by atoms with Crippen molar-refractivity contribution in [2.75, 3.05) is 31.1 Å². The molecule has 3 rings (SSSR count). The Balaban J connectivity index is 1.45. The third-order valence-corrected chi connectivity index (χ3v) is 5.17. The molecule has 8 heteroatoms. The van der Waals surface area contributed by atoms with Gasteiger partial charge in [-0.2, -0.15) is 4.98 Å². The maximum atomic E-state index is 12.0. The molecule has 0 aliphatic carbocycles. The Morgan fingerprint density at radius 2 is 1.96 bits per heavy atom. The van der Waals surface area contributed by atoms with E-state index in [-0.39, 0.29) is 11.3 Å². The zero-order valence-electron chi connectivity index (χ0n) is 15.8. The molecule has 0 saturated carbocycles. The Bertz CT molecular complexity index is 628. The van der Waals surface area contributed by atoms with Crippen molar-refractivity contribution in [3.63, 3.8) is 0 Å². The van der Waals surface area contributed by atoms with Crippen LogP contribution in [0.25, 0.3) is 0 Å². The third kappa shape index (κ3) is 5.27. The van der Waals surface area contributed by atoms with Crippen LogP contribution < -0.4 is 4.90 Å². The van der Waals surface area contributed by atoms with Crippen LogP contribution in [0.5, 0.6) is 0 Å². The molecule has 2 aliphatic rings. The Hall–Kier alpha value is -1.47. The van der Waals surface area contributed by atoms with Gasteiger partial charge in [0, 0.05) is 32.1 Å².